The van der Waals surface area contributed by atoms with Gasteiger partial charge in [-0.05, 0) is 25.1 Å². The maximum Gasteiger partial charge on any atom is 0.144 e. The van der Waals surface area contributed by atoms with Gasteiger partial charge in [0.05, 0.1) is 34.2 Å². The van der Waals surface area contributed by atoms with Crippen molar-refractivity contribution >= 4 is 34.2 Å². The highest BCUT2D eigenvalue weighted by molar-refractivity contribution is 6.31. The molecule has 0 fully saturated rings. The van der Waals surface area contributed by atoms with Crippen LogP contribution in [0.4, 0.5) is 4.39 Å². The molecule has 3 rings (SSSR count). The fourth-order valence-corrected chi connectivity index (χ4v) is 2.67. The molecule has 0 N–H and O–H groups in total. The van der Waals surface area contributed by atoms with E-state index in [1.807, 2.05) is 23.6 Å². The number of halogens is 3. The number of nitrogens with zero attached hydrogens (tertiary/aromatic N) is 2. The molecule has 0 aliphatic carbocycles. The van der Waals surface area contributed by atoms with E-state index in [1.165, 1.54) is 6.07 Å². The van der Waals surface area contributed by atoms with E-state index in [1.54, 1.807) is 12.3 Å². The van der Waals surface area contributed by atoms with Gasteiger partial charge in [0, 0.05) is 6.07 Å². The van der Waals surface area contributed by atoms with E-state index in [0.717, 1.165) is 11.3 Å². The van der Waals surface area contributed by atoms with Crippen LogP contribution in [0.5, 0.6) is 0 Å². The summed E-state index contributed by atoms with van der Waals surface area (Å²) in [6.07, 6.45) is 1.61. The number of benzene rings is 1. The molecule has 6 heteroatoms. The Balaban J connectivity index is 2.25. The molecular weight excluding hydrogens is 302 g/mol. The van der Waals surface area contributed by atoms with E-state index < -0.39 is 5.82 Å². The molecule has 0 aliphatic rings. The molecule has 0 bridgehead atoms. The third-order valence-electron chi connectivity index (χ3n) is 3.27. The molecule has 104 valence electrons. The summed E-state index contributed by atoms with van der Waals surface area (Å²) in [5.74, 6) is 1.15. The Morgan fingerprint density at radius 3 is 2.90 bits per heavy atom. The van der Waals surface area contributed by atoms with E-state index in [2.05, 4.69) is 4.98 Å². The van der Waals surface area contributed by atoms with Gasteiger partial charge in [0.1, 0.15) is 17.4 Å². The lowest BCUT2D eigenvalue weighted by Gasteiger charge is -2.14. The number of hydrogen-bond acceptors (Lipinski definition) is 2. The van der Waals surface area contributed by atoms with Crippen LogP contribution in [0.1, 0.15) is 24.6 Å². The summed E-state index contributed by atoms with van der Waals surface area (Å²) in [5, 5.41) is 0.0615. The van der Waals surface area contributed by atoms with Crippen LogP contribution < -0.4 is 0 Å². The number of furan rings is 1. The summed E-state index contributed by atoms with van der Waals surface area (Å²) in [7, 11) is 0. The van der Waals surface area contributed by atoms with Crippen LogP contribution in [-0.4, -0.2) is 9.55 Å². The smallest absolute Gasteiger partial charge is 0.144 e. The third-order valence-corrected chi connectivity index (χ3v) is 3.80. The molecule has 0 saturated heterocycles. The second-order valence-corrected chi connectivity index (χ2v) is 5.15. The van der Waals surface area contributed by atoms with E-state index in [9.17, 15) is 4.39 Å². The van der Waals surface area contributed by atoms with Crippen LogP contribution in [-0.2, 0) is 5.88 Å². The van der Waals surface area contributed by atoms with Crippen LogP contribution in [0.2, 0.25) is 5.02 Å². The Kier molecular flexibility index (Phi) is 3.44. The minimum Gasteiger partial charge on any atom is -0.467 e. The van der Waals surface area contributed by atoms with Crippen LogP contribution in [0, 0.1) is 5.82 Å². The Labute approximate surface area is 124 Å². The second kappa shape index (κ2) is 5.11. The van der Waals surface area contributed by atoms with E-state index >= 15 is 0 Å². The Morgan fingerprint density at radius 2 is 2.25 bits per heavy atom. The molecule has 2 heterocycles. The van der Waals surface area contributed by atoms with E-state index in [0.29, 0.717) is 11.3 Å². The number of hydrogen-bond donors (Lipinski definition) is 0. The van der Waals surface area contributed by atoms with Crippen LogP contribution >= 0.6 is 23.2 Å². The van der Waals surface area contributed by atoms with E-state index in [-0.39, 0.29) is 16.9 Å². The lowest BCUT2D eigenvalue weighted by atomic mass is 10.2. The van der Waals surface area contributed by atoms with Crippen molar-refractivity contribution in [1.82, 2.24) is 9.55 Å². The average molecular weight is 313 g/mol. The standard InChI is InChI=1S/C14H11Cl2FN2O/c1-8(13-3-2-4-20-13)19-12-5-9(16)10(17)6-11(12)18-14(19)7-15/h2-6,8H,7H2,1H3. The van der Waals surface area contributed by atoms with Gasteiger partial charge in [0.25, 0.3) is 0 Å². The normalized spacial score (nSPS) is 13.0. The molecule has 0 saturated carbocycles. The topological polar surface area (TPSA) is 31.0 Å². The molecule has 0 radical (unpaired) electrons. The first kappa shape index (κ1) is 13.5. The molecular formula is C14H11Cl2FN2O. The molecule has 0 aliphatic heterocycles. The Bertz CT molecular complexity index is 752. The highest BCUT2D eigenvalue weighted by Gasteiger charge is 2.19. The summed E-state index contributed by atoms with van der Waals surface area (Å²) in [6, 6.07) is 6.47. The van der Waals surface area contributed by atoms with Crippen molar-refractivity contribution in [2.45, 2.75) is 18.8 Å². The number of rotatable bonds is 3. The molecule has 20 heavy (non-hydrogen) atoms. The van der Waals surface area contributed by atoms with Crippen molar-refractivity contribution in [1.29, 1.82) is 0 Å². The van der Waals surface area contributed by atoms with Crippen LogP contribution in [0.3, 0.4) is 0 Å². The van der Waals surface area contributed by atoms with Gasteiger partial charge in [-0.25, -0.2) is 9.37 Å². The zero-order valence-corrected chi connectivity index (χ0v) is 12.1. The van der Waals surface area contributed by atoms with Gasteiger partial charge in [0.2, 0.25) is 0 Å². The van der Waals surface area contributed by atoms with Crippen molar-refractivity contribution in [3.63, 3.8) is 0 Å². The highest BCUT2D eigenvalue weighted by atomic mass is 35.5. The van der Waals surface area contributed by atoms with Gasteiger partial charge >= 0.3 is 0 Å². The summed E-state index contributed by atoms with van der Waals surface area (Å²) in [4.78, 5) is 4.35. The SMILES string of the molecule is CC(c1ccco1)n1c(CCl)nc2cc(F)c(Cl)cc21. The second-order valence-electron chi connectivity index (χ2n) is 4.48. The lowest BCUT2D eigenvalue weighted by Crippen LogP contribution is -2.09. The van der Waals surface area contributed by atoms with Crippen LogP contribution in [0.15, 0.2) is 34.9 Å². The lowest BCUT2D eigenvalue weighted by molar-refractivity contribution is 0.446. The number of imidazole rings is 1. The molecule has 1 aromatic carbocycles. The van der Waals surface area contributed by atoms with Gasteiger partial charge in [-0.2, -0.15) is 0 Å². The average Bonchev–Trinajstić information content (AvgIpc) is 3.06. The molecule has 3 aromatic rings. The molecule has 3 nitrogen and oxygen atoms in total. The molecule has 1 unspecified atom stereocenters. The van der Waals surface area contributed by atoms with Crippen molar-refractivity contribution in [2.75, 3.05) is 0 Å². The largest absolute Gasteiger partial charge is 0.467 e. The minimum atomic E-state index is -0.490. The predicted octanol–water partition coefficient (Wildman–Crippen LogP) is 4.77. The fraction of sp³-hybridized carbons (Fsp3) is 0.214. The Hall–Kier alpha value is -1.52. The molecule has 1 atom stereocenters. The predicted molar refractivity (Wildman–Crippen MR) is 76.8 cm³/mol. The summed E-state index contributed by atoms with van der Waals surface area (Å²) >= 11 is 11.8. The van der Waals surface area contributed by atoms with Gasteiger partial charge in [-0.1, -0.05) is 11.6 Å². The summed E-state index contributed by atoms with van der Waals surface area (Å²) in [6.45, 7) is 1.97. The fourth-order valence-electron chi connectivity index (χ4n) is 2.32. The van der Waals surface area contributed by atoms with Crippen molar-refractivity contribution in [2.24, 2.45) is 0 Å². The molecule has 0 amide bonds. The maximum absolute atomic E-state index is 13.5. The van der Waals surface area contributed by atoms with Gasteiger partial charge < -0.3 is 8.98 Å². The highest BCUT2D eigenvalue weighted by Crippen LogP contribution is 2.30. The van der Waals surface area contributed by atoms with Gasteiger partial charge in [-0.3, -0.25) is 0 Å². The first-order valence-electron chi connectivity index (χ1n) is 6.07. The van der Waals surface area contributed by atoms with Crippen molar-refractivity contribution in [3.8, 4) is 0 Å². The van der Waals surface area contributed by atoms with Gasteiger partial charge in [-0.15, -0.1) is 11.6 Å². The van der Waals surface area contributed by atoms with Crippen LogP contribution in [0.25, 0.3) is 11.0 Å². The quantitative estimate of drug-likeness (QED) is 0.652. The van der Waals surface area contributed by atoms with Crippen molar-refractivity contribution in [3.05, 3.63) is 53.0 Å². The Morgan fingerprint density at radius 1 is 1.45 bits per heavy atom. The number of aromatic nitrogens is 2. The number of alkyl halides is 1. The molecule has 0 spiro atoms. The third kappa shape index (κ3) is 2.09. The minimum absolute atomic E-state index is 0.0615. The first-order valence-corrected chi connectivity index (χ1v) is 6.98. The molecule has 2 aromatic heterocycles. The number of fused-ring (bicyclic) bond motifs is 1. The summed E-state index contributed by atoms with van der Waals surface area (Å²) < 4.78 is 20.9. The zero-order valence-electron chi connectivity index (χ0n) is 10.6. The van der Waals surface area contributed by atoms with Gasteiger partial charge in [0.15, 0.2) is 0 Å². The monoisotopic (exact) mass is 312 g/mol. The zero-order chi connectivity index (χ0) is 14.3. The maximum atomic E-state index is 13.5. The first-order chi connectivity index (χ1) is 9.61. The van der Waals surface area contributed by atoms with Crippen molar-refractivity contribution < 1.29 is 8.81 Å². The van der Waals surface area contributed by atoms with E-state index in [4.69, 9.17) is 27.6 Å². The summed E-state index contributed by atoms with van der Waals surface area (Å²) in [5.41, 5.74) is 1.26.